The fraction of sp³-hybridized carbons (Fsp3) is 0.344. The number of ether oxygens (including phenoxy) is 2. The molecule has 0 unspecified atom stereocenters. The Morgan fingerprint density at radius 3 is 2.23 bits per heavy atom. The van der Waals surface area contributed by atoms with Gasteiger partial charge in [-0.3, -0.25) is 24.7 Å². The minimum atomic E-state index is -1.27. The number of anilines is 1. The van der Waals surface area contributed by atoms with Gasteiger partial charge in [0.2, 0.25) is 11.9 Å². The lowest BCUT2D eigenvalue weighted by Gasteiger charge is -2.22. The van der Waals surface area contributed by atoms with Crippen LogP contribution in [0.5, 0.6) is 0 Å². The zero-order valence-electron chi connectivity index (χ0n) is 26.3. The first kappa shape index (κ1) is 34.1. The highest BCUT2D eigenvalue weighted by Gasteiger charge is 2.22. The van der Waals surface area contributed by atoms with E-state index in [-0.39, 0.29) is 36.8 Å². The predicted molar refractivity (Wildman–Crippen MR) is 171 cm³/mol. The number of carbonyl (C=O) groups is 4. The lowest BCUT2D eigenvalue weighted by Crippen LogP contribution is -2.43. The fourth-order valence-electron chi connectivity index (χ4n) is 4.52. The topological polar surface area (TPSA) is 198 Å². The molecule has 47 heavy (non-hydrogen) atoms. The van der Waals surface area contributed by atoms with Crippen LogP contribution in [-0.2, 0) is 25.6 Å². The first-order chi connectivity index (χ1) is 22.5. The minimum absolute atomic E-state index is 0.0128. The number of hydrogen-bond acceptors (Lipinski definition) is 9. The van der Waals surface area contributed by atoms with Crippen molar-refractivity contribution in [3.63, 3.8) is 0 Å². The van der Waals surface area contributed by atoms with Gasteiger partial charge in [0, 0.05) is 13.1 Å². The summed E-state index contributed by atoms with van der Waals surface area (Å²) >= 11 is 0. The third kappa shape index (κ3) is 9.63. The van der Waals surface area contributed by atoms with Gasteiger partial charge in [-0.25, -0.2) is 14.6 Å². The number of aromatic amines is 1. The summed E-state index contributed by atoms with van der Waals surface area (Å²) < 4.78 is 12.1. The summed E-state index contributed by atoms with van der Waals surface area (Å²) in [5.74, 6) is -2.12. The Labute approximate surface area is 269 Å². The number of unbranched alkanes of at least 4 members (excludes halogenated alkanes) is 1. The number of alkyl carbamates (subject to hydrolysis) is 1. The highest BCUT2D eigenvalue weighted by Crippen LogP contribution is 2.27. The van der Waals surface area contributed by atoms with Crippen molar-refractivity contribution in [3.05, 3.63) is 87.5 Å². The number of carboxylic acids is 1. The molecule has 0 spiro atoms. The molecule has 0 aliphatic heterocycles. The molecule has 0 aliphatic carbocycles. The van der Waals surface area contributed by atoms with Gasteiger partial charge in [0.15, 0.2) is 17.3 Å². The van der Waals surface area contributed by atoms with Crippen molar-refractivity contribution in [2.75, 3.05) is 31.6 Å². The second-order valence-electron chi connectivity index (χ2n) is 10.8. The van der Waals surface area contributed by atoms with Crippen molar-refractivity contribution in [1.82, 2.24) is 29.7 Å². The van der Waals surface area contributed by atoms with Crippen LogP contribution in [0.25, 0.3) is 11.2 Å². The Kier molecular flexibility index (Phi) is 11.6. The fourth-order valence-corrected chi connectivity index (χ4v) is 4.52. The number of aromatic nitrogens is 4. The number of nitrogens with one attached hydrogen (secondary N) is 3. The first-order valence-electron chi connectivity index (χ1n) is 15.0. The van der Waals surface area contributed by atoms with E-state index in [4.69, 9.17) is 9.47 Å². The molecule has 4 aromatic rings. The van der Waals surface area contributed by atoms with Crippen LogP contribution in [0.1, 0.15) is 48.1 Å². The predicted octanol–water partition coefficient (Wildman–Crippen LogP) is 3.51. The van der Waals surface area contributed by atoms with Gasteiger partial charge in [-0.05, 0) is 31.4 Å². The second kappa shape index (κ2) is 16.0. The number of carbonyl (C=O) groups excluding carboxylic acids is 3. The molecule has 0 fully saturated rings. The summed E-state index contributed by atoms with van der Waals surface area (Å²) in [5.41, 5.74) is 2.87. The molecule has 3 amide bonds. The van der Waals surface area contributed by atoms with Crippen LogP contribution < -0.4 is 16.2 Å². The molecule has 0 aliphatic rings. The van der Waals surface area contributed by atoms with E-state index in [1.807, 2.05) is 69.3 Å². The molecule has 0 saturated heterocycles. The van der Waals surface area contributed by atoms with Gasteiger partial charge < -0.3 is 29.4 Å². The normalized spacial score (nSPS) is 10.9. The largest absolute Gasteiger partial charge is 0.480 e. The molecule has 15 heteroatoms. The molecule has 0 saturated carbocycles. The van der Waals surface area contributed by atoms with Gasteiger partial charge in [0.25, 0.3) is 5.56 Å². The molecule has 0 radical (unpaired) electrons. The standard InChI is InChI=1S/C32H37N7O8/c1-4-5-16-46-32(45)37-30-35-28-26(29(43)36-30)34-19-39(28)17-24(40)38(18-25(41)42)15-14-33-31(44)47-27(22-10-6-20(2)7-11-22)23-12-8-21(3)9-13-23/h6-13,19,27H,4-5,14-18H2,1-3H3,(H,33,44)(H,41,42)(H2,35,36,37,43,45). The molecule has 2 aromatic heterocycles. The lowest BCUT2D eigenvalue weighted by atomic mass is 9.99. The number of H-pyrrole nitrogens is 1. The van der Waals surface area contributed by atoms with Crippen LogP contribution in [0.15, 0.2) is 59.7 Å². The van der Waals surface area contributed by atoms with Crippen LogP contribution in [0.2, 0.25) is 0 Å². The van der Waals surface area contributed by atoms with Crippen molar-refractivity contribution in [2.24, 2.45) is 0 Å². The highest BCUT2D eigenvalue weighted by atomic mass is 16.6. The van der Waals surface area contributed by atoms with Crippen molar-refractivity contribution >= 4 is 41.2 Å². The average molecular weight is 648 g/mol. The molecule has 0 bridgehead atoms. The monoisotopic (exact) mass is 647 g/mol. The Balaban J connectivity index is 1.41. The third-order valence-corrected chi connectivity index (χ3v) is 7.05. The van der Waals surface area contributed by atoms with Gasteiger partial charge in [-0.2, -0.15) is 4.98 Å². The molecule has 0 atom stereocenters. The number of fused-ring (bicyclic) bond motifs is 1. The number of nitrogens with zero attached hydrogens (tertiary/aromatic N) is 4. The molecule has 15 nitrogen and oxygen atoms in total. The lowest BCUT2D eigenvalue weighted by molar-refractivity contribution is -0.144. The Morgan fingerprint density at radius 2 is 1.64 bits per heavy atom. The number of benzene rings is 2. The van der Waals surface area contributed by atoms with E-state index in [0.717, 1.165) is 33.6 Å². The number of amides is 3. The molecule has 4 N–H and O–H groups in total. The Hall–Kier alpha value is -5.73. The molecule has 248 valence electrons. The summed E-state index contributed by atoms with van der Waals surface area (Å²) in [4.78, 5) is 73.8. The van der Waals surface area contributed by atoms with Gasteiger partial charge in [-0.15, -0.1) is 0 Å². The second-order valence-corrected chi connectivity index (χ2v) is 10.8. The number of rotatable bonds is 14. The summed E-state index contributed by atoms with van der Waals surface area (Å²) in [7, 11) is 0. The molecular weight excluding hydrogens is 610 g/mol. The maximum Gasteiger partial charge on any atom is 0.413 e. The van der Waals surface area contributed by atoms with Gasteiger partial charge in [0.1, 0.15) is 13.1 Å². The number of aliphatic carboxylic acids is 1. The van der Waals surface area contributed by atoms with E-state index in [2.05, 4.69) is 25.6 Å². The van der Waals surface area contributed by atoms with Gasteiger partial charge in [-0.1, -0.05) is 73.0 Å². The van der Waals surface area contributed by atoms with Crippen LogP contribution >= 0.6 is 0 Å². The molecule has 2 heterocycles. The van der Waals surface area contributed by atoms with Gasteiger partial charge in [0.05, 0.1) is 12.9 Å². The Bertz CT molecular complexity index is 1720. The van der Waals surface area contributed by atoms with Crippen molar-refractivity contribution in [3.8, 4) is 0 Å². The van der Waals surface area contributed by atoms with E-state index in [1.54, 1.807) is 0 Å². The quantitative estimate of drug-likeness (QED) is 0.147. The third-order valence-electron chi connectivity index (χ3n) is 7.05. The highest BCUT2D eigenvalue weighted by molar-refractivity contribution is 5.85. The zero-order valence-corrected chi connectivity index (χ0v) is 26.3. The zero-order chi connectivity index (χ0) is 33.9. The van der Waals surface area contributed by atoms with E-state index in [1.165, 1.54) is 10.9 Å². The van der Waals surface area contributed by atoms with Crippen molar-refractivity contribution < 1.29 is 33.8 Å². The summed E-state index contributed by atoms with van der Waals surface area (Å²) in [6.07, 6.45) is 0.427. The van der Waals surface area contributed by atoms with Crippen molar-refractivity contribution in [2.45, 2.75) is 46.3 Å². The smallest absolute Gasteiger partial charge is 0.413 e. The van der Waals surface area contributed by atoms with Crippen LogP contribution in [0.4, 0.5) is 15.5 Å². The van der Waals surface area contributed by atoms with Crippen LogP contribution in [0, 0.1) is 13.8 Å². The summed E-state index contributed by atoms with van der Waals surface area (Å²) in [6, 6.07) is 15.2. The number of aryl methyl sites for hydroxylation is 2. The van der Waals surface area contributed by atoms with Gasteiger partial charge >= 0.3 is 18.2 Å². The maximum absolute atomic E-state index is 13.2. The van der Waals surface area contributed by atoms with E-state index >= 15 is 0 Å². The minimum Gasteiger partial charge on any atom is -0.480 e. The average Bonchev–Trinajstić information content (AvgIpc) is 3.43. The maximum atomic E-state index is 13.2. The van der Waals surface area contributed by atoms with Crippen molar-refractivity contribution in [1.29, 1.82) is 0 Å². The number of carboxylic acid groups (broad SMARTS) is 1. The van der Waals surface area contributed by atoms with E-state index in [9.17, 15) is 29.1 Å². The summed E-state index contributed by atoms with van der Waals surface area (Å²) in [6.45, 7) is 4.70. The van der Waals surface area contributed by atoms with Crippen LogP contribution in [0.3, 0.4) is 0 Å². The number of hydrogen-bond donors (Lipinski definition) is 4. The Morgan fingerprint density at radius 1 is 1.00 bits per heavy atom. The SMILES string of the molecule is CCCCOC(=O)Nc1nc2c(ncn2CC(=O)N(CCNC(=O)OC(c2ccc(C)cc2)c2ccc(C)cc2)CC(=O)O)c(=O)[nH]1. The summed E-state index contributed by atoms with van der Waals surface area (Å²) in [5, 5.41) is 14.4. The van der Waals surface area contributed by atoms with E-state index < -0.39 is 48.8 Å². The first-order valence-corrected chi connectivity index (χ1v) is 15.0. The molecule has 4 rings (SSSR count). The number of imidazole rings is 1. The molecule has 2 aromatic carbocycles. The van der Waals surface area contributed by atoms with Crippen LogP contribution in [-0.4, -0.2) is 79.8 Å². The van der Waals surface area contributed by atoms with E-state index in [0.29, 0.717) is 6.42 Å². The molecular formula is C32H37N7O8.